The second-order valence-electron chi connectivity index (χ2n) is 7.73. The summed E-state index contributed by atoms with van der Waals surface area (Å²) in [6.07, 6.45) is 8.48. The summed E-state index contributed by atoms with van der Waals surface area (Å²) in [7, 11) is 0. The first-order chi connectivity index (χ1) is 14.2. The van der Waals surface area contributed by atoms with Crippen molar-refractivity contribution in [3.05, 3.63) is 35.0 Å². The van der Waals surface area contributed by atoms with E-state index in [9.17, 15) is 4.79 Å². The molecule has 2 aliphatic heterocycles. The summed E-state index contributed by atoms with van der Waals surface area (Å²) in [6.45, 7) is 6.71. The molecule has 0 atom stereocenters. The molecule has 2 aromatic rings. The number of rotatable bonds is 4. The summed E-state index contributed by atoms with van der Waals surface area (Å²) in [5, 5.41) is 3.42. The van der Waals surface area contributed by atoms with Gasteiger partial charge >= 0.3 is 0 Å². The molecule has 152 valence electrons. The number of carbonyl (C=O) groups excluding carboxylic acids is 1. The summed E-state index contributed by atoms with van der Waals surface area (Å²) >= 11 is 1.55. The van der Waals surface area contributed by atoms with Gasteiger partial charge in [0, 0.05) is 55.3 Å². The lowest BCUT2D eigenvalue weighted by atomic mass is 9.97. The number of amides is 1. The van der Waals surface area contributed by atoms with Gasteiger partial charge in [0.25, 0.3) is 0 Å². The van der Waals surface area contributed by atoms with Gasteiger partial charge in [0.15, 0.2) is 5.13 Å². The first kappa shape index (κ1) is 19.9. The van der Waals surface area contributed by atoms with Crippen molar-refractivity contribution in [2.24, 2.45) is 5.92 Å². The molecule has 4 rings (SSSR count). The third-order valence-electron chi connectivity index (χ3n) is 5.40. The minimum atomic E-state index is -0.0776. The lowest BCUT2D eigenvalue weighted by Crippen LogP contribution is -2.32. The fourth-order valence-electron chi connectivity index (χ4n) is 3.82. The van der Waals surface area contributed by atoms with Crippen molar-refractivity contribution in [1.82, 2.24) is 14.9 Å². The Kier molecular flexibility index (Phi) is 6.43. The summed E-state index contributed by atoms with van der Waals surface area (Å²) in [4.78, 5) is 25.9. The van der Waals surface area contributed by atoms with Crippen molar-refractivity contribution >= 4 is 28.2 Å². The third kappa shape index (κ3) is 5.55. The van der Waals surface area contributed by atoms with Crippen molar-refractivity contribution in [2.45, 2.75) is 39.2 Å². The number of thiazole rings is 1. The lowest BCUT2D eigenvalue weighted by Gasteiger charge is -2.29. The Morgan fingerprint density at radius 3 is 2.66 bits per heavy atom. The fourth-order valence-corrected chi connectivity index (χ4v) is 4.72. The summed E-state index contributed by atoms with van der Waals surface area (Å²) in [5.74, 6) is 8.21. The highest BCUT2D eigenvalue weighted by Gasteiger charge is 2.18. The minimum Gasteiger partial charge on any atom is -0.357 e. The summed E-state index contributed by atoms with van der Waals surface area (Å²) in [6, 6.07) is 4.20. The number of carbonyl (C=O) groups is 1. The molecule has 0 bridgehead atoms. The van der Waals surface area contributed by atoms with Gasteiger partial charge < -0.3 is 10.2 Å². The Balaban J connectivity index is 1.25. The average Bonchev–Trinajstić information content (AvgIpc) is 3.40. The van der Waals surface area contributed by atoms with Crippen LogP contribution in [0.25, 0.3) is 0 Å². The maximum atomic E-state index is 11.1. The minimum absolute atomic E-state index is 0.0776. The van der Waals surface area contributed by atoms with E-state index < -0.39 is 0 Å². The molecule has 1 N–H and O–H groups in total. The molecule has 0 aliphatic carbocycles. The predicted molar refractivity (Wildman–Crippen MR) is 117 cm³/mol. The van der Waals surface area contributed by atoms with Crippen LogP contribution in [-0.4, -0.2) is 47.0 Å². The van der Waals surface area contributed by atoms with Gasteiger partial charge in [-0.15, -0.1) is 11.3 Å². The molecule has 0 spiro atoms. The molecule has 29 heavy (non-hydrogen) atoms. The van der Waals surface area contributed by atoms with Crippen LogP contribution in [0.4, 0.5) is 10.9 Å². The van der Waals surface area contributed by atoms with Crippen LogP contribution in [0.2, 0.25) is 0 Å². The Hall–Kier alpha value is -2.43. The second kappa shape index (κ2) is 9.38. The smallest absolute Gasteiger partial charge is 0.223 e. The average molecular weight is 410 g/mol. The van der Waals surface area contributed by atoms with Crippen molar-refractivity contribution in [3.8, 4) is 11.8 Å². The van der Waals surface area contributed by atoms with Crippen molar-refractivity contribution in [1.29, 1.82) is 0 Å². The molecule has 0 saturated carbocycles. The van der Waals surface area contributed by atoms with Gasteiger partial charge in [0.05, 0.1) is 0 Å². The standard InChI is InChI=1S/C22H27N5OS/c1-17(28)25-22-24-15-20(29-22)16-26-12-8-18(9-13-26)4-5-19-6-7-21(23-14-19)27-10-2-3-11-27/h6-7,14-15,18H,2-3,8-13,16H2,1H3,(H,24,25,28). The van der Waals surface area contributed by atoms with Gasteiger partial charge in [-0.05, 0) is 50.9 Å². The third-order valence-corrected chi connectivity index (χ3v) is 6.30. The molecule has 2 aliphatic rings. The Morgan fingerprint density at radius 1 is 1.17 bits per heavy atom. The van der Waals surface area contributed by atoms with Crippen LogP contribution in [0.3, 0.4) is 0 Å². The monoisotopic (exact) mass is 409 g/mol. The number of pyridine rings is 1. The van der Waals surface area contributed by atoms with E-state index >= 15 is 0 Å². The molecule has 0 unspecified atom stereocenters. The van der Waals surface area contributed by atoms with E-state index in [-0.39, 0.29) is 5.91 Å². The SMILES string of the molecule is CC(=O)Nc1ncc(CN2CCC(C#Cc3ccc(N4CCCC4)nc3)CC2)s1. The number of likely N-dealkylation sites (tertiary alicyclic amines) is 1. The highest BCUT2D eigenvalue weighted by atomic mass is 32.1. The summed E-state index contributed by atoms with van der Waals surface area (Å²) < 4.78 is 0. The predicted octanol–water partition coefficient (Wildman–Crippen LogP) is 3.36. The number of nitrogens with one attached hydrogen (secondary N) is 1. The van der Waals surface area contributed by atoms with Gasteiger partial charge in [-0.3, -0.25) is 9.69 Å². The van der Waals surface area contributed by atoms with Gasteiger partial charge in [0.1, 0.15) is 5.82 Å². The number of piperidine rings is 1. The first-order valence-electron chi connectivity index (χ1n) is 10.3. The van der Waals surface area contributed by atoms with E-state index in [1.54, 1.807) is 11.3 Å². The molecule has 7 heteroatoms. The van der Waals surface area contributed by atoms with Crippen molar-refractivity contribution in [2.75, 3.05) is 36.4 Å². The fraction of sp³-hybridized carbons (Fsp3) is 0.500. The Labute approximate surface area is 176 Å². The lowest BCUT2D eigenvalue weighted by molar-refractivity contribution is -0.114. The molecule has 1 amide bonds. The Bertz CT molecular complexity index is 884. The van der Waals surface area contributed by atoms with Crippen LogP contribution >= 0.6 is 11.3 Å². The van der Waals surface area contributed by atoms with Gasteiger partial charge in [0.2, 0.25) is 5.91 Å². The van der Waals surface area contributed by atoms with E-state index in [0.717, 1.165) is 56.9 Å². The zero-order chi connectivity index (χ0) is 20.1. The number of hydrogen-bond acceptors (Lipinski definition) is 6. The zero-order valence-electron chi connectivity index (χ0n) is 16.9. The van der Waals surface area contributed by atoms with Crippen LogP contribution in [0.15, 0.2) is 24.5 Å². The highest BCUT2D eigenvalue weighted by Crippen LogP contribution is 2.23. The van der Waals surface area contributed by atoms with E-state index in [0.29, 0.717) is 11.0 Å². The molecule has 2 aromatic heterocycles. The van der Waals surface area contributed by atoms with Crippen LogP contribution < -0.4 is 10.2 Å². The Morgan fingerprint density at radius 2 is 1.97 bits per heavy atom. The molecule has 6 nitrogen and oxygen atoms in total. The molecular formula is C22H27N5OS. The van der Waals surface area contributed by atoms with E-state index in [2.05, 4.69) is 49.1 Å². The quantitative estimate of drug-likeness (QED) is 0.785. The normalized spacial score (nSPS) is 17.8. The van der Waals surface area contributed by atoms with Crippen molar-refractivity contribution in [3.63, 3.8) is 0 Å². The molecule has 2 saturated heterocycles. The van der Waals surface area contributed by atoms with Gasteiger partial charge in [-0.2, -0.15) is 0 Å². The summed E-state index contributed by atoms with van der Waals surface area (Å²) in [5.41, 5.74) is 1.01. The maximum absolute atomic E-state index is 11.1. The van der Waals surface area contributed by atoms with E-state index in [1.165, 1.54) is 24.6 Å². The topological polar surface area (TPSA) is 61.4 Å². The van der Waals surface area contributed by atoms with Crippen LogP contribution in [0.1, 0.15) is 43.0 Å². The van der Waals surface area contributed by atoms with Crippen LogP contribution in [0, 0.1) is 17.8 Å². The van der Waals surface area contributed by atoms with Crippen LogP contribution in [0.5, 0.6) is 0 Å². The van der Waals surface area contributed by atoms with Gasteiger partial charge in [-0.25, -0.2) is 9.97 Å². The van der Waals surface area contributed by atoms with Crippen LogP contribution in [-0.2, 0) is 11.3 Å². The van der Waals surface area contributed by atoms with Gasteiger partial charge in [-0.1, -0.05) is 11.8 Å². The first-order valence-corrected chi connectivity index (χ1v) is 11.1. The number of hydrogen-bond donors (Lipinski definition) is 1. The zero-order valence-corrected chi connectivity index (χ0v) is 17.7. The van der Waals surface area contributed by atoms with E-state index in [1.807, 2.05) is 12.4 Å². The number of nitrogens with zero attached hydrogens (tertiary/aromatic N) is 4. The molecule has 0 radical (unpaired) electrons. The maximum Gasteiger partial charge on any atom is 0.223 e. The number of anilines is 2. The molecule has 0 aromatic carbocycles. The van der Waals surface area contributed by atoms with Crippen molar-refractivity contribution < 1.29 is 4.79 Å². The largest absolute Gasteiger partial charge is 0.357 e. The number of aromatic nitrogens is 2. The molecule has 2 fully saturated rings. The highest BCUT2D eigenvalue weighted by molar-refractivity contribution is 7.15. The van der Waals surface area contributed by atoms with E-state index in [4.69, 9.17) is 0 Å². The molecular weight excluding hydrogens is 382 g/mol. The second-order valence-corrected chi connectivity index (χ2v) is 8.85. The molecule has 4 heterocycles.